The summed E-state index contributed by atoms with van der Waals surface area (Å²) in [6, 6.07) is 20.7. The average Bonchev–Trinajstić information content (AvgIpc) is 3.13. The number of hydrogen-bond donors (Lipinski definition) is 2. The Morgan fingerprint density at radius 3 is 2.46 bits per heavy atom. The molecule has 0 fully saturated rings. The number of benzene rings is 3. The molecule has 1 amide bonds. The van der Waals surface area contributed by atoms with E-state index in [-0.39, 0.29) is 17.3 Å². The first-order valence-corrected chi connectivity index (χ1v) is 11.1. The van der Waals surface area contributed by atoms with Crippen molar-refractivity contribution in [1.29, 1.82) is 0 Å². The number of anilines is 2. The van der Waals surface area contributed by atoms with Crippen molar-refractivity contribution < 1.29 is 9.53 Å². The van der Waals surface area contributed by atoms with E-state index in [1.807, 2.05) is 80.6 Å². The lowest BCUT2D eigenvalue weighted by Gasteiger charge is -2.08. The lowest BCUT2D eigenvalue weighted by atomic mass is 10.1. The SMILES string of the molecule is COc1ccccc1C=Nn1c(N)c(C(=O)Nc2ccc(C)c(C)c2)c2nc3ccccc3nc21. The second-order valence-electron chi connectivity index (χ2n) is 8.20. The zero-order valence-corrected chi connectivity index (χ0v) is 19.6. The van der Waals surface area contributed by atoms with E-state index in [1.165, 1.54) is 4.68 Å². The van der Waals surface area contributed by atoms with E-state index in [4.69, 9.17) is 20.4 Å². The molecule has 3 N–H and O–H groups in total. The quantitative estimate of drug-likeness (QED) is 0.359. The minimum absolute atomic E-state index is 0.141. The molecule has 0 saturated heterocycles. The van der Waals surface area contributed by atoms with Crippen LogP contribution in [0.1, 0.15) is 27.0 Å². The van der Waals surface area contributed by atoms with Gasteiger partial charge in [-0.3, -0.25) is 4.79 Å². The third-order valence-corrected chi connectivity index (χ3v) is 5.92. The van der Waals surface area contributed by atoms with E-state index in [1.54, 1.807) is 13.3 Å². The molecule has 0 atom stereocenters. The molecular formula is C27H24N6O2. The Balaban J connectivity index is 1.66. The number of aryl methyl sites for hydroxylation is 2. The molecule has 5 rings (SSSR count). The van der Waals surface area contributed by atoms with Gasteiger partial charge in [-0.25, -0.2) is 9.97 Å². The summed E-state index contributed by atoms with van der Waals surface area (Å²) in [4.78, 5) is 22.9. The van der Waals surface area contributed by atoms with E-state index in [2.05, 4.69) is 10.4 Å². The van der Waals surface area contributed by atoms with Crippen LogP contribution in [0.3, 0.4) is 0 Å². The van der Waals surface area contributed by atoms with E-state index < -0.39 is 0 Å². The smallest absolute Gasteiger partial charge is 0.261 e. The van der Waals surface area contributed by atoms with Gasteiger partial charge < -0.3 is 15.8 Å². The monoisotopic (exact) mass is 464 g/mol. The van der Waals surface area contributed by atoms with Gasteiger partial charge in [-0.2, -0.15) is 9.78 Å². The van der Waals surface area contributed by atoms with Crippen LogP contribution in [-0.2, 0) is 0 Å². The maximum absolute atomic E-state index is 13.4. The highest BCUT2D eigenvalue weighted by atomic mass is 16.5. The Hall–Kier alpha value is -4.72. The molecule has 0 radical (unpaired) electrons. The zero-order chi connectivity index (χ0) is 24.5. The summed E-state index contributed by atoms with van der Waals surface area (Å²) in [6.45, 7) is 4.02. The zero-order valence-electron chi connectivity index (χ0n) is 19.6. The van der Waals surface area contributed by atoms with Crippen molar-refractivity contribution in [2.45, 2.75) is 13.8 Å². The minimum atomic E-state index is -0.383. The topological polar surface area (TPSA) is 107 Å². The third kappa shape index (κ3) is 4.06. The van der Waals surface area contributed by atoms with Gasteiger partial charge in [0, 0.05) is 11.3 Å². The first-order valence-electron chi connectivity index (χ1n) is 11.1. The number of nitrogens with two attached hydrogens (primary N) is 1. The third-order valence-electron chi connectivity index (χ3n) is 5.92. The highest BCUT2D eigenvalue weighted by Crippen LogP contribution is 2.29. The number of para-hydroxylation sites is 3. The van der Waals surface area contributed by atoms with Crippen molar-refractivity contribution in [3.8, 4) is 5.75 Å². The Labute approximate surface area is 202 Å². The van der Waals surface area contributed by atoms with Crippen LogP contribution in [0.15, 0.2) is 71.8 Å². The molecule has 0 aliphatic heterocycles. The number of rotatable bonds is 5. The second kappa shape index (κ2) is 8.90. The summed E-state index contributed by atoms with van der Waals surface area (Å²) in [5, 5.41) is 7.50. The summed E-state index contributed by atoms with van der Waals surface area (Å²) in [5.41, 5.74) is 12.5. The second-order valence-corrected chi connectivity index (χ2v) is 8.20. The minimum Gasteiger partial charge on any atom is -0.496 e. The number of carbonyl (C=O) groups excluding carboxylic acids is 1. The molecule has 174 valence electrons. The van der Waals surface area contributed by atoms with E-state index in [9.17, 15) is 4.79 Å². The van der Waals surface area contributed by atoms with Gasteiger partial charge in [0.05, 0.1) is 24.4 Å². The maximum Gasteiger partial charge on any atom is 0.261 e. The predicted molar refractivity (Wildman–Crippen MR) is 139 cm³/mol. The average molecular weight is 465 g/mol. The van der Waals surface area contributed by atoms with Gasteiger partial charge in [-0.05, 0) is 61.4 Å². The van der Waals surface area contributed by atoms with Gasteiger partial charge in [0.1, 0.15) is 22.6 Å². The van der Waals surface area contributed by atoms with Crippen LogP contribution < -0.4 is 15.8 Å². The van der Waals surface area contributed by atoms with Crippen molar-refractivity contribution in [1.82, 2.24) is 14.6 Å². The lowest BCUT2D eigenvalue weighted by Crippen LogP contribution is -2.14. The van der Waals surface area contributed by atoms with Crippen molar-refractivity contribution >= 4 is 45.8 Å². The number of nitrogen functional groups attached to an aromatic ring is 1. The van der Waals surface area contributed by atoms with E-state index in [0.29, 0.717) is 33.6 Å². The molecule has 0 saturated carbocycles. The number of ether oxygens (including phenoxy) is 1. The van der Waals surface area contributed by atoms with Crippen LogP contribution in [0.2, 0.25) is 0 Å². The van der Waals surface area contributed by atoms with Crippen LogP contribution in [0, 0.1) is 13.8 Å². The molecule has 3 aromatic carbocycles. The number of nitrogens with one attached hydrogen (secondary N) is 1. The number of hydrogen-bond acceptors (Lipinski definition) is 6. The number of nitrogens with zero attached hydrogens (tertiary/aromatic N) is 4. The van der Waals surface area contributed by atoms with Crippen LogP contribution in [0.4, 0.5) is 11.5 Å². The van der Waals surface area contributed by atoms with Gasteiger partial charge in [0.15, 0.2) is 5.65 Å². The molecule has 8 nitrogen and oxygen atoms in total. The molecule has 0 unspecified atom stereocenters. The lowest BCUT2D eigenvalue weighted by molar-refractivity contribution is 0.102. The van der Waals surface area contributed by atoms with Crippen molar-refractivity contribution in [2.24, 2.45) is 5.10 Å². The summed E-state index contributed by atoms with van der Waals surface area (Å²) < 4.78 is 6.85. The summed E-state index contributed by atoms with van der Waals surface area (Å²) >= 11 is 0. The standard InChI is InChI=1S/C27H24N6O2/c1-16-12-13-19(14-17(16)2)30-27(34)23-24-26(32-21-10-6-5-9-20(21)31-24)33(25(23)28)29-15-18-8-4-7-11-22(18)35-3/h4-15H,28H2,1-3H3,(H,30,34). The first kappa shape index (κ1) is 22.1. The molecule has 2 heterocycles. The largest absolute Gasteiger partial charge is 0.496 e. The van der Waals surface area contributed by atoms with E-state index >= 15 is 0 Å². The summed E-state index contributed by atoms with van der Waals surface area (Å²) in [5.74, 6) is 0.421. The van der Waals surface area contributed by atoms with Crippen molar-refractivity contribution in [3.05, 3.63) is 89.0 Å². The Morgan fingerprint density at radius 1 is 1.00 bits per heavy atom. The van der Waals surface area contributed by atoms with E-state index in [0.717, 1.165) is 16.7 Å². The normalized spacial score (nSPS) is 11.4. The fourth-order valence-corrected chi connectivity index (χ4v) is 3.89. The van der Waals surface area contributed by atoms with Gasteiger partial charge >= 0.3 is 0 Å². The summed E-state index contributed by atoms with van der Waals surface area (Å²) in [7, 11) is 1.60. The van der Waals surface area contributed by atoms with Crippen molar-refractivity contribution in [2.75, 3.05) is 18.2 Å². The molecule has 2 aromatic heterocycles. The molecule has 0 aliphatic rings. The number of fused-ring (bicyclic) bond motifs is 2. The molecule has 8 heteroatoms. The van der Waals surface area contributed by atoms with Crippen LogP contribution in [-0.4, -0.2) is 33.9 Å². The maximum atomic E-state index is 13.4. The van der Waals surface area contributed by atoms with Gasteiger partial charge in [0.2, 0.25) is 0 Å². The highest BCUT2D eigenvalue weighted by molar-refractivity contribution is 6.16. The van der Waals surface area contributed by atoms with Crippen LogP contribution in [0.25, 0.3) is 22.2 Å². The molecule has 0 bridgehead atoms. The van der Waals surface area contributed by atoms with Crippen LogP contribution in [0.5, 0.6) is 5.75 Å². The van der Waals surface area contributed by atoms with Gasteiger partial charge in [-0.15, -0.1) is 0 Å². The predicted octanol–water partition coefficient (Wildman–Crippen LogP) is 4.93. The van der Waals surface area contributed by atoms with Gasteiger partial charge in [-0.1, -0.05) is 30.3 Å². The Kier molecular flexibility index (Phi) is 5.62. The molecule has 35 heavy (non-hydrogen) atoms. The highest BCUT2D eigenvalue weighted by Gasteiger charge is 2.24. The molecule has 5 aromatic rings. The summed E-state index contributed by atoms with van der Waals surface area (Å²) in [6.07, 6.45) is 1.62. The fourth-order valence-electron chi connectivity index (χ4n) is 3.89. The van der Waals surface area contributed by atoms with Crippen LogP contribution >= 0.6 is 0 Å². The molecule has 0 aliphatic carbocycles. The number of methoxy groups -OCH3 is 1. The number of amides is 1. The van der Waals surface area contributed by atoms with Gasteiger partial charge in [0.25, 0.3) is 5.91 Å². The van der Waals surface area contributed by atoms with Crippen molar-refractivity contribution in [3.63, 3.8) is 0 Å². The Morgan fingerprint density at radius 2 is 1.71 bits per heavy atom. The Bertz CT molecular complexity index is 1620. The molecular weight excluding hydrogens is 440 g/mol. The number of aromatic nitrogens is 3. The fraction of sp³-hybridized carbons (Fsp3) is 0.111. The number of carbonyl (C=O) groups is 1. The first-order chi connectivity index (χ1) is 17.0. The molecule has 0 spiro atoms.